The zero-order valence-corrected chi connectivity index (χ0v) is 8.16. The molecule has 0 saturated carbocycles. The predicted octanol–water partition coefficient (Wildman–Crippen LogP) is -2.43. The van der Waals surface area contributed by atoms with Gasteiger partial charge in [0, 0.05) is 13.6 Å². The largest absolute Gasteiger partial charge is 0.345 e. The summed E-state index contributed by atoms with van der Waals surface area (Å²) in [7, 11) is 1.59. The van der Waals surface area contributed by atoms with E-state index in [0.29, 0.717) is 6.54 Å². The molecule has 4 N–H and O–H groups in total. The molecule has 0 aliphatic carbocycles. The van der Waals surface area contributed by atoms with Crippen molar-refractivity contribution in [2.24, 2.45) is 5.84 Å². The van der Waals surface area contributed by atoms with Crippen molar-refractivity contribution in [2.75, 3.05) is 20.1 Å². The SMILES string of the molecule is CCN(C)C(=O)CNC(=O)C(=O)NN. The van der Waals surface area contributed by atoms with Crippen molar-refractivity contribution in [1.82, 2.24) is 15.6 Å². The van der Waals surface area contributed by atoms with Crippen LogP contribution in [0.3, 0.4) is 0 Å². The van der Waals surface area contributed by atoms with Crippen LogP contribution in [0.15, 0.2) is 0 Å². The highest BCUT2D eigenvalue weighted by Gasteiger charge is 2.13. The molecule has 0 heterocycles. The first-order chi connectivity index (χ1) is 6.52. The molecule has 0 aromatic rings. The highest BCUT2D eigenvalue weighted by Crippen LogP contribution is 1.81. The Balaban J connectivity index is 3.89. The molecule has 0 aliphatic rings. The number of hydrogen-bond acceptors (Lipinski definition) is 4. The number of nitrogens with zero attached hydrogens (tertiary/aromatic N) is 1. The van der Waals surface area contributed by atoms with Gasteiger partial charge in [-0.3, -0.25) is 19.8 Å². The first-order valence-electron chi connectivity index (χ1n) is 4.05. The van der Waals surface area contributed by atoms with Crippen LogP contribution in [0.1, 0.15) is 6.92 Å². The van der Waals surface area contributed by atoms with E-state index in [1.807, 2.05) is 0 Å². The fraction of sp³-hybridized carbons (Fsp3) is 0.571. The van der Waals surface area contributed by atoms with Crippen LogP contribution in [0, 0.1) is 0 Å². The predicted molar refractivity (Wildman–Crippen MR) is 48.7 cm³/mol. The van der Waals surface area contributed by atoms with Gasteiger partial charge in [0.2, 0.25) is 5.91 Å². The van der Waals surface area contributed by atoms with E-state index < -0.39 is 11.8 Å². The van der Waals surface area contributed by atoms with Gasteiger partial charge >= 0.3 is 11.8 Å². The van der Waals surface area contributed by atoms with Crippen LogP contribution in [-0.4, -0.2) is 42.8 Å². The minimum atomic E-state index is -0.975. The lowest BCUT2D eigenvalue weighted by molar-refractivity contribution is -0.140. The number of hydrogen-bond donors (Lipinski definition) is 3. The van der Waals surface area contributed by atoms with Crippen molar-refractivity contribution >= 4 is 17.7 Å². The molecular formula is C7H14N4O3. The molecule has 0 aliphatic heterocycles. The average Bonchev–Trinajstić information content (AvgIpc) is 2.22. The molecule has 0 atom stereocenters. The average molecular weight is 202 g/mol. The molecule has 0 unspecified atom stereocenters. The summed E-state index contributed by atoms with van der Waals surface area (Å²) in [5.41, 5.74) is 1.66. The second kappa shape index (κ2) is 5.92. The van der Waals surface area contributed by atoms with Crippen molar-refractivity contribution < 1.29 is 14.4 Å². The Morgan fingerprint density at radius 1 is 1.29 bits per heavy atom. The third kappa shape index (κ3) is 3.85. The Bertz CT molecular complexity index is 241. The van der Waals surface area contributed by atoms with E-state index in [4.69, 9.17) is 5.84 Å². The lowest BCUT2D eigenvalue weighted by Gasteiger charge is -2.14. The number of nitrogens with one attached hydrogen (secondary N) is 2. The molecule has 7 heteroatoms. The fourth-order valence-electron chi connectivity index (χ4n) is 0.613. The third-order valence-electron chi connectivity index (χ3n) is 1.64. The lowest BCUT2D eigenvalue weighted by Crippen LogP contribution is -2.46. The minimum Gasteiger partial charge on any atom is -0.345 e. The standard InChI is InChI=1S/C7H14N4O3/c1-3-11(2)5(12)4-9-6(13)7(14)10-8/h3-4,8H2,1-2H3,(H,9,13)(H,10,14). The van der Waals surface area contributed by atoms with Gasteiger partial charge in [0.25, 0.3) is 0 Å². The van der Waals surface area contributed by atoms with E-state index in [1.54, 1.807) is 19.4 Å². The second-order valence-corrected chi connectivity index (χ2v) is 2.56. The van der Waals surface area contributed by atoms with Gasteiger partial charge < -0.3 is 10.2 Å². The topological polar surface area (TPSA) is 105 Å². The zero-order chi connectivity index (χ0) is 11.1. The zero-order valence-electron chi connectivity index (χ0n) is 8.16. The van der Waals surface area contributed by atoms with Gasteiger partial charge in [-0.1, -0.05) is 0 Å². The number of nitrogens with two attached hydrogens (primary N) is 1. The summed E-state index contributed by atoms with van der Waals surface area (Å²) >= 11 is 0. The molecular weight excluding hydrogens is 188 g/mol. The summed E-state index contributed by atoms with van der Waals surface area (Å²) < 4.78 is 0. The van der Waals surface area contributed by atoms with Gasteiger partial charge in [0.1, 0.15) is 0 Å². The van der Waals surface area contributed by atoms with Crippen molar-refractivity contribution in [3.05, 3.63) is 0 Å². The maximum Gasteiger partial charge on any atom is 0.323 e. The fourth-order valence-corrected chi connectivity index (χ4v) is 0.613. The second-order valence-electron chi connectivity index (χ2n) is 2.56. The summed E-state index contributed by atoms with van der Waals surface area (Å²) in [5.74, 6) is 2.54. The summed E-state index contributed by atoms with van der Waals surface area (Å²) in [6.07, 6.45) is 0. The molecule has 14 heavy (non-hydrogen) atoms. The lowest BCUT2D eigenvalue weighted by atomic mass is 10.4. The minimum absolute atomic E-state index is 0.212. The molecule has 0 rings (SSSR count). The number of amides is 3. The molecule has 0 radical (unpaired) electrons. The van der Waals surface area contributed by atoms with Gasteiger partial charge in [0.15, 0.2) is 0 Å². The number of likely N-dealkylation sites (N-methyl/N-ethyl adjacent to an activating group) is 1. The molecule has 0 fully saturated rings. The number of carbonyl (C=O) groups is 3. The molecule has 0 aromatic heterocycles. The molecule has 0 saturated heterocycles. The van der Waals surface area contributed by atoms with Gasteiger partial charge in [-0.2, -0.15) is 0 Å². The van der Waals surface area contributed by atoms with Crippen LogP contribution in [0.5, 0.6) is 0 Å². The van der Waals surface area contributed by atoms with Crippen molar-refractivity contribution in [3.8, 4) is 0 Å². The highest BCUT2D eigenvalue weighted by atomic mass is 16.2. The highest BCUT2D eigenvalue weighted by molar-refractivity contribution is 6.35. The van der Waals surface area contributed by atoms with Crippen LogP contribution in [-0.2, 0) is 14.4 Å². The van der Waals surface area contributed by atoms with Gasteiger partial charge in [-0.05, 0) is 6.92 Å². The smallest absolute Gasteiger partial charge is 0.323 e. The first kappa shape index (κ1) is 12.4. The van der Waals surface area contributed by atoms with E-state index >= 15 is 0 Å². The maximum absolute atomic E-state index is 11.1. The van der Waals surface area contributed by atoms with E-state index in [-0.39, 0.29) is 12.5 Å². The van der Waals surface area contributed by atoms with E-state index in [2.05, 4.69) is 5.32 Å². The van der Waals surface area contributed by atoms with Crippen LogP contribution in [0.25, 0.3) is 0 Å². The van der Waals surface area contributed by atoms with Crippen molar-refractivity contribution in [2.45, 2.75) is 6.92 Å². The molecule has 0 spiro atoms. The molecule has 0 bridgehead atoms. The van der Waals surface area contributed by atoms with Crippen LogP contribution < -0.4 is 16.6 Å². The number of hydrazine groups is 1. The Morgan fingerprint density at radius 3 is 2.29 bits per heavy atom. The van der Waals surface area contributed by atoms with Gasteiger partial charge in [-0.25, -0.2) is 5.84 Å². The Labute approximate surface area is 81.6 Å². The van der Waals surface area contributed by atoms with Gasteiger partial charge in [0.05, 0.1) is 6.54 Å². The summed E-state index contributed by atoms with van der Waals surface area (Å²) in [4.78, 5) is 34.0. The summed E-state index contributed by atoms with van der Waals surface area (Å²) in [5, 5.41) is 2.13. The Hall–Kier alpha value is -1.63. The number of carbonyl (C=O) groups excluding carboxylic acids is 3. The summed E-state index contributed by atoms with van der Waals surface area (Å²) in [6, 6.07) is 0. The quantitative estimate of drug-likeness (QED) is 0.205. The van der Waals surface area contributed by atoms with E-state index in [0.717, 1.165) is 0 Å². The van der Waals surface area contributed by atoms with E-state index in [9.17, 15) is 14.4 Å². The van der Waals surface area contributed by atoms with Crippen molar-refractivity contribution in [3.63, 3.8) is 0 Å². The normalized spacial score (nSPS) is 9.07. The summed E-state index contributed by atoms with van der Waals surface area (Å²) in [6.45, 7) is 2.13. The Kier molecular flexibility index (Phi) is 5.23. The third-order valence-corrected chi connectivity index (χ3v) is 1.64. The Morgan fingerprint density at radius 2 is 1.86 bits per heavy atom. The molecule has 3 amide bonds. The number of rotatable bonds is 3. The molecule has 7 nitrogen and oxygen atoms in total. The monoisotopic (exact) mass is 202 g/mol. The molecule has 0 aromatic carbocycles. The van der Waals surface area contributed by atoms with Crippen LogP contribution in [0.2, 0.25) is 0 Å². The van der Waals surface area contributed by atoms with Crippen molar-refractivity contribution in [1.29, 1.82) is 0 Å². The first-order valence-corrected chi connectivity index (χ1v) is 4.05. The van der Waals surface area contributed by atoms with Gasteiger partial charge in [-0.15, -0.1) is 0 Å². The van der Waals surface area contributed by atoms with Crippen LogP contribution in [0.4, 0.5) is 0 Å². The van der Waals surface area contributed by atoms with Crippen LogP contribution >= 0.6 is 0 Å². The van der Waals surface area contributed by atoms with E-state index in [1.165, 1.54) is 4.90 Å². The maximum atomic E-state index is 11.1. The molecule has 80 valence electrons.